The highest BCUT2D eigenvalue weighted by molar-refractivity contribution is 7.91. The molecule has 1 aliphatic rings. The van der Waals surface area contributed by atoms with Crippen molar-refractivity contribution >= 4 is 9.84 Å². The van der Waals surface area contributed by atoms with Crippen LogP contribution in [-0.4, -0.2) is 26.5 Å². The summed E-state index contributed by atoms with van der Waals surface area (Å²) in [7, 11) is -2.97. The van der Waals surface area contributed by atoms with E-state index < -0.39 is 9.84 Å². The number of rotatable bonds is 5. The summed E-state index contributed by atoms with van der Waals surface area (Å²) in [4.78, 5) is 0. The monoisotopic (exact) mass is 311 g/mol. The van der Waals surface area contributed by atoms with E-state index >= 15 is 0 Å². The molecular weight excluding hydrogens is 286 g/mol. The van der Waals surface area contributed by atoms with E-state index in [1.54, 1.807) is 0 Å². The Morgan fingerprint density at radius 3 is 2.81 bits per heavy atom. The van der Waals surface area contributed by atoms with Gasteiger partial charge in [0.2, 0.25) is 0 Å². The molecule has 1 aromatic carbocycles. The predicted octanol–water partition coefficient (Wildman–Crippen LogP) is 2.69. The van der Waals surface area contributed by atoms with E-state index in [2.05, 4.69) is 0 Å². The highest BCUT2D eigenvalue weighted by Crippen LogP contribution is 2.36. The maximum absolute atomic E-state index is 11.8. The van der Waals surface area contributed by atoms with Crippen LogP contribution in [0.25, 0.3) is 0 Å². The molecule has 3 unspecified atom stereocenters. The average molecular weight is 311 g/mol. The number of benzene rings is 1. The second-order valence-corrected chi connectivity index (χ2v) is 8.24. The molecule has 3 atom stereocenters. The van der Waals surface area contributed by atoms with Gasteiger partial charge in [-0.1, -0.05) is 18.6 Å². The number of ether oxygens (including phenoxy) is 1. The molecule has 0 aromatic heterocycles. The van der Waals surface area contributed by atoms with Crippen LogP contribution in [0, 0.1) is 5.92 Å². The summed E-state index contributed by atoms with van der Waals surface area (Å²) in [6.45, 7) is 2.57. The molecule has 0 amide bonds. The first-order chi connectivity index (χ1) is 9.91. The van der Waals surface area contributed by atoms with Crippen molar-refractivity contribution in [2.24, 2.45) is 11.7 Å². The van der Waals surface area contributed by atoms with Gasteiger partial charge in [0.05, 0.1) is 11.9 Å². The van der Waals surface area contributed by atoms with Gasteiger partial charge in [-0.15, -0.1) is 0 Å². The summed E-state index contributed by atoms with van der Waals surface area (Å²) in [6, 6.07) is 7.70. The predicted molar refractivity (Wildman–Crippen MR) is 85.1 cm³/mol. The molecule has 0 aliphatic heterocycles. The molecule has 4 nitrogen and oxygen atoms in total. The highest BCUT2D eigenvalue weighted by atomic mass is 32.2. The van der Waals surface area contributed by atoms with Gasteiger partial charge in [0, 0.05) is 12.3 Å². The lowest BCUT2D eigenvalue weighted by Crippen LogP contribution is -2.32. The minimum atomic E-state index is -2.97. The Hall–Kier alpha value is -1.07. The van der Waals surface area contributed by atoms with E-state index in [-0.39, 0.29) is 17.2 Å². The zero-order valence-electron chi connectivity index (χ0n) is 12.8. The van der Waals surface area contributed by atoms with Crippen LogP contribution in [-0.2, 0) is 9.84 Å². The van der Waals surface area contributed by atoms with Crippen LogP contribution in [0.4, 0.5) is 0 Å². The van der Waals surface area contributed by atoms with Crippen LogP contribution in [0.15, 0.2) is 24.3 Å². The summed E-state index contributed by atoms with van der Waals surface area (Å²) >= 11 is 0. The van der Waals surface area contributed by atoms with Crippen molar-refractivity contribution in [2.75, 3.05) is 12.9 Å². The highest BCUT2D eigenvalue weighted by Gasteiger charge is 2.32. The van der Waals surface area contributed by atoms with Gasteiger partial charge in [-0.25, -0.2) is 8.42 Å². The zero-order chi connectivity index (χ0) is 15.5. The van der Waals surface area contributed by atoms with Crippen LogP contribution in [0.1, 0.15) is 44.2 Å². The largest absolute Gasteiger partial charge is 0.494 e. The number of hydrogen-bond acceptors (Lipinski definition) is 4. The molecule has 2 rings (SSSR count). The molecule has 2 N–H and O–H groups in total. The van der Waals surface area contributed by atoms with E-state index in [9.17, 15) is 8.42 Å². The van der Waals surface area contributed by atoms with E-state index in [0.717, 1.165) is 30.6 Å². The molecule has 21 heavy (non-hydrogen) atoms. The lowest BCUT2D eigenvalue weighted by molar-refractivity contribution is 0.306. The number of sulfone groups is 1. The minimum Gasteiger partial charge on any atom is -0.494 e. The van der Waals surface area contributed by atoms with Crippen molar-refractivity contribution in [1.29, 1.82) is 0 Å². The normalized spacial score (nSPS) is 24.5. The van der Waals surface area contributed by atoms with E-state index in [1.165, 1.54) is 6.26 Å². The van der Waals surface area contributed by atoms with Crippen molar-refractivity contribution in [3.63, 3.8) is 0 Å². The van der Waals surface area contributed by atoms with Gasteiger partial charge in [-0.2, -0.15) is 0 Å². The lowest BCUT2D eigenvalue weighted by atomic mass is 9.81. The van der Waals surface area contributed by atoms with Gasteiger partial charge in [0.1, 0.15) is 15.6 Å². The maximum atomic E-state index is 11.8. The first-order valence-electron chi connectivity index (χ1n) is 7.59. The van der Waals surface area contributed by atoms with Crippen LogP contribution in [0.3, 0.4) is 0 Å². The summed E-state index contributed by atoms with van der Waals surface area (Å²) in [5, 5.41) is -0.239. The van der Waals surface area contributed by atoms with Crippen LogP contribution in [0.5, 0.6) is 5.75 Å². The second kappa shape index (κ2) is 6.79. The van der Waals surface area contributed by atoms with E-state index in [4.69, 9.17) is 10.5 Å². The van der Waals surface area contributed by atoms with Crippen molar-refractivity contribution < 1.29 is 13.2 Å². The quantitative estimate of drug-likeness (QED) is 0.907. The number of nitrogens with two attached hydrogens (primary N) is 1. The average Bonchev–Trinajstić information content (AvgIpc) is 2.46. The molecule has 0 radical (unpaired) electrons. The molecule has 1 saturated carbocycles. The first-order valence-corrected chi connectivity index (χ1v) is 9.54. The molecular formula is C16H25NO3S. The Labute approximate surface area is 127 Å². The Bertz CT molecular complexity index is 571. The molecule has 0 saturated heterocycles. The van der Waals surface area contributed by atoms with Crippen molar-refractivity contribution in [3.8, 4) is 5.75 Å². The Morgan fingerprint density at radius 1 is 1.38 bits per heavy atom. The van der Waals surface area contributed by atoms with Crippen LogP contribution < -0.4 is 10.5 Å². The summed E-state index contributed by atoms with van der Waals surface area (Å²) in [6.07, 6.45) is 4.69. The van der Waals surface area contributed by atoms with Crippen molar-refractivity contribution in [2.45, 2.75) is 43.9 Å². The van der Waals surface area contributed by atoms with Gasteiger partial charge in [-0.05, 0) is 49.8 Å². The Kier molecular flexibility index (Phi) is 5.27. The fourth-order valence-corrected chi connectivity index (χ4v) is 4.34. The molecule has 0 heterocycles. The SMILES string of the molecule is CCOc1cccc(C(N)C2CCCC(S(C)(=O)=O)C2)c1. The standard InChI is InChI=1S/C16H25NO3S/c1-3-20-14-8-4-6-12(10-14)16(17)13-7-5-9-15(11-13)21(2,18)19/h4,6,8,10,13,15-16H,3,5,7,9,11,17H2,1-2H3. The Balaban J connectivity index is 2.12. The molecule has 1 aromatic rings. The fraction of sp³-hybridized carbons (Fsp3) is 0.625. The maximum Gasteiger partial charge on any atom is 0.150 e. The molecule has 118 valence electrons. The molecule has 0 spiro atoms. The Morgan fingerprint density at radius 2 is 2.14 bits per heavy atom. The molecule has 5 heteroatoms. The van der Waals surface area contributed by atoms with Gasteiger partial charge < -0.3 is 10.5 Å². The van der Waals surface area contributed by atoms with Gasteiger partial charge in [0.25, 0.3) is 0 Å². The molecule has 0 bridgehead atoms. The summed E-state index contributed by atoms with van der Waals surface area (Å²) in [5.74, 6) is 1.04. The second-order valence-electron chi connectivity index (χ2n) is 5.91. The number of hydrogen-bond donors (Lipinski definition) is 1. The third-order valence-corrected chi connectivity index (χ3v) is 5.97. The lowest BCUT2D eigenvalue weighted by Gasteiger charge is -2.32. The van der Waals surface area contributed by atoms with Crippen molar-refractivity contribution in [1.82, 2.24) is 0 Å². The van der Waals surface area contributed by atoms with E-state index in [0.29, 0.717) is 13.0 Å². The summed E-state index contributed by atoms with van der Waals surface area (Å²) in [5.41, 5.74) is 7.42. The van der Waals surface area contributed by atoms with E-state index in [1.807, 2.05) is 31.2 Å². The fourth-order valence-electron chi connectivity index (χ4n) is 3.15. The smallest absolute Gasteiger partial charge is 0.150 e. The third kappa shape index (κ3) is 4.20. The third-order valence-electron chi connectivity index (χ3n) is 4.33. The van der Waals surface area contributed by atoms with Gasteiger partial charge in [0.15, 0.2) is 0 Å². The van der Waals surface area contributed by atoms with Crippen molar-refractivity contribution in [3.05, 3.63) is 29.8 Å². The summed E-state index contributed by atoms with van der Waals surface area (Å²) < 4.78 is 29.0. The zero-order valence-corrected chi connectivity index (χ0v) is 13.6. The topological polar surface area (TPSA) is 69.4 Å². The van der Waals surface area contributed by atoms with Crippen LogP contribution in [0.2, 0.25) is 0 Å². The minimum absolute atomic E-state index is 0.130. The molecule has 1 aliphatic carbocycles. The first kappa shape index (κ1) is 16.3. The van der Waals surface area contributed by atoms with Gasteiger partial charge in [-0.3, -0.25) is 0 Å². The van der Waals surface area contributed by atoms with Gasteiger partial charge >= 0.3 is 0 Å². The molecule has 1 fully saturated rings. The van der Waals surface area contributed by atoms with Crippen LogP contribution >= 0.6 is 0 Å².